The Bertz CT molecular complexity index is 353. The van der Waals surface area contributed by atoms with Crippen LogP contribution >= 0.6 is 0 Å². The van der Waals surface area contributed by atoms with Crippen LogP contribution in [0.25, 0.3) is 0 Å². The first-order valence-electron chi connectivity index (χ1n) is 6.15. The SMILES string of the molecule is CCN1CCOC(C(O)c2ccc(C)nc2)C1. The van der Waals surface area contributed by atoms with E-state index in [9.17, 15) is 5.11 Å². The molecule has 2 heterocycles. The summed E-state index contributed by atoms with van der Waals surface area (Å²) in [5.74, 6) is 0. The number of morpholine rings is 1. The van der Waals surface area contributed by atoms with Crippen molar-refractivity contribution in [3.63, 3.8) is 0 Å². The van der Waals surface area contributed by atoms with E-state index in [0.29, 0.717) is 6.61 Å². The van der Waals surface area contributed by atoms with Crippen molar-refractivity contribution in [1.29, 1.82) is 0 Å². The molecule has 1 aromatic heterocycles. The van der Waals surface area contributed by atoms with Crippen molar-refractivity contribution >= 4 is 0 Å². The fourth-order valence-electron chi connectivity index (χ4n) is 2.08. The van der Waals surface area contributed by atoms with Gasteiger partial charge in [-0.25, -0.2) is 0 Å². The smallest absolute Gasteiger partial charge is 0.108 e. The second kappa shape index (κ2) is 5.58. The van der Waals surface area contributed by atoms with Crippen LogP contribution in [-0.2, 0) is 4.74 Å². The molecule has 2 atom stereocenters. The maximum Gasteiger partial charge on any atom is 0.108 e. The molecule has 1 aromatic rings. The number of likely N-dealkylation sites (N-methyl/N-ethyl adjacent to an activating group) is 1. The first-order valence-corrected chi connectivity index (χ1v) is 6.15. The van der Waals surface area contributed by atoms with E-state index in [1.807, 2.05) is 19.1 Å². The van der Waals surface area contributed by atoms with Crippen LogP contribution in [-0.4, -0.2) is 47.3 Å². The summed E-state index contributed by atoms with van der Waals surface area (Å²) in [5.41, 5.74) is 1.79. The maximum absolute atomic E-state index is 10.3. The van der Waals surface area contributed by atoms with Gasteiger partial charge < -0.3 is 9.84 Å². The number of hydrogen-bond acceptors (Lipinski definition) is 4. The van der Waals surface area contributed by atoms with Crippen molar-refractivity contribution in [3.05, 3.63) is 29.6 Å². The van der Waals surface area contributed by atoms with Crippen LogP contribution in [0.4, 0.5) is 0 Å². The highest BCUT2D eigenvalue weighted by atomic mass is 16.5. The third-order valence-corrected chi connectivity index (χ3v) is 3.25. The van der Waals surface area contributed by atoms with Crippen LogP contribution in [0.5, 0.6) is 0 Å². The van der Waals surface area contributed by atoms with Gasteiger partial charge >= 0.3 is 0 Å². The van der Waals surface area contributed by atoms with Crippen molar-refractivity contribution in [2.45, 2.75) is 26.1 Å². The Kier molecular flexibility index (Phi) is 4.10. The molecule has 0 aromatic carbocycles. The van der Waals surface area contributed by atoms with Crippen molar-refractivity contribution in [1.82, 2.24) is 9.88 Å². The highest BCUT2D eigenvalue weighted by Gasteiger charge is 2.27. The molecular formula is C13H20N2O2. The Hall–Kier alpha value is -0.970. The molecule has 0 radical (unpaired) electrons. The molecular weight excluding hydrogens is 216 g/mol. The molecule has 17 heavy (non-hydrogen) atoms. The number of aliphatic hydroxyl groups excluding tert-OH is 1. The first-order chi connectivity index (χ1) is 8.20. The van der Waals surface area contributed by atoms with Gasteiger partial charge in [0.2, 0.25) is 0 Å². The van der Waals surface area contributed by atoms with Crippen LogP contribution in [0.3, 0.4) is 0 Å². The quantitative estimate of drug-likeness (QED) is 0.855. The van der Waals surface area contributed by atoms with Crippen molar-refractivity contribution in [2.75, 3.05) is 26.2 Å². The molecule has 2 unspecified atom stereocenters. The zero-order chi connectivity index (χ0) is 12.3. The highest BCUT2D eigenvalue weighted by molar-refractivity contribution is 5.17. The molecule has 1 N–H and O–H groups in total. The first kappa shape index (κ1) is 12.5. The van der Waals surface area contributed by atoms with Gasteiger partial charge in [-0.15, -0.1) is 0 Å². The molecule has 1 fully saturated rings. The summed E-state index contributed by atoms with van der Waals surface area (Å²) in [6.45, 7) is 7.49. The maximum atomic E-state index is 10.3. The monoisotopic (exact) mass is 236 g/mol. The van der Waals surface area contributed by atoms with E-state index in [2.05, 4.69) is 16.8 Å². The number of aromatic nitrogens is 1. The molecule has 0 aliphatic carbocycles. The average Bonchev–Trinajstić information content (AvgIpc) is 2.39. The molecule has 1 aliphatic rings. The van der Waals surface area contributed by atoms with Gasteiger partial charge in [-0.1, -0.05) is 13.0 Å². The third-order valence-electron chi connectivity index (χ3n) is 3.25. The molecule has 2 rings (SSSR count). The summed E-state index contributed by atoms with van der Waals surface area (Å²) in [5, 5.41) is 10.3. The minimum atomic E-state index is -0.586. The van der Waals surface area contributed by atoms with Gasteiger partial charge in [0, 0.05) is 30.5 Å². The van der Waals surface area contributed by atoms with Gasteiger partial charge in [-0.05, 0) is 19.5 Å². The van der Waals surface area contributed by atoms with Crippen LogP contribution in [0.15, 0.2) is 18.3 Å². The van der Waals surface area contributed by atoms with Gasteiger partial charge in [0.1, 0.15) is 12.2 Å². The Balaban J connectivity index is 2.03. The molecule has 0 saturated carbocycles. The van der Waals surface area contributed by atoms with E-state index < -0.39 is 6.10 Å². The van der Waals surface area contributed by atoms with Gasteiger partial charge in [0.05, 0.1) is 6.61 Å². The minimum absolute atomic E-state index is 0.145. The summed E-state index contributed by atoms with van der Waals surface area (Å²) in [7, 11) is 0. The van der Waals surface area contributed by atoms with Crippen molar-refractivity contribution < 1.29 is 9.84 Å². The largest absolute Gasteiger partial charge is 0.386 e. The minimum Gasteiger partial charge on any atom is -0.386 e. The Morgan fingerprint density at radius 3 is 3.06 bits per heavy atom. The molecule has 1 saturated heterocycles. The summed E-state index contributed by atoms with van der Waals surface area (Å²) >= 11 is 0. The Morgan fingerprint density at radius 2 is 2.41 bits per heavy atom. The van der Waals surface area contributed by atoms with E-state index >= 15 is 0 Å². The standard InChI is InChI=1S/C13H20N2O2/c1-3-15-6-7-17-12(9-15)13(16)11-5-4-10(2)14-8-11/h4-5,8,12-13,16H,3,6-7,9H2,1-2H3. The summed E-state index contributed by atoms with van der Waals surface area (Å²) in [6, 6.07) is 3.83. The van der Waals surface area contributed by atoms with E-state index in [1.54, 1.807) is 6.20 Å². The fraction of sp³-hybridized carbons (Fsp3) is 0.615. The lowest BCUT2D eigenvalue weighted by atomic mass is 10.0. The van der Waals surface area contributed by atoms with Gasteiger partial charge in [0.25, 0.3) is 0 Å². The average molecular weight is 236 g/mol. The van der Waals surface area contributed by atoms with Gasteiger partial charge in [-0.2, -0.15) is 0 Å². The molecule has 4 heteroatoms. The highest BCUT2D eigenvalue weighted by Crippen LogP contribution is 2.21. The second-order valence-electron chi connectivity index (χ2n) is 4.48. The van der Waals surface area contributed by atoms with E-state index in [0.717, 1.165) is 30.9 Å². The van der Waals surface area contributed by atoms with Crippen LogP contribution in [0, 0.1) is 6.92 Å². The van der Waals surface area contributed by atoms with Crippen LogP contribution in [0.1, 0.15) is 24.3 Å². The fourth-order valence-corrected chi connectivity index (χ4v) is 2.08. The predicted octanol–water partition coefficient (Wildman–Crippen LogP) is 1.14. The number of ether oxygens (including phenoxy) is 1. The van der Waals surface area contributed by atoms with Gasteiger partial charge in [0.15, 0.2) is 0 Å². The molecule has 4 nitrogen and oxygen atoms in total. The van der Waals surface area contributed by atoms with Crippen LogP contribution < -0.4 is 0 Å². The van der Waals surface area contributed by atoms with Gasteiger partial charge in [-0.3, -0.25) is 9.88 Å². The third kappa shape index (κ3) is 3.03. The van der Waals surface area contributed by atoms with Crippen LogP contribution in [0.2, 0.25) is 0 Å². The zero-order valence-electron chi connectivity index (χ0n) is 10.5. The molecule has 94 valence electrons. The molecule has 0 amide bonds. The Labute approximate surface area is 102 Å². The normalized spacial score (nSPS) is 23.6. The zero-order valence-corrected chi connectivity index (χ0v) is 10.5. The number of nitrogens with zero attached hydrogens (tertiary/aromatic N) is 2. The number of pyridine rings is 1. The lowest BCUT2D eigenvalue weighted by Crippen LogP contribution is -2.44. The number of aliphatic hydroxyl groups is 1. The molecule has 0 spiro atoms. The molecule has 1 aliphatic heterocycles. The van der Waals surface area contributed by atoms with Crippen molar-refractivity contribution in [3.8, 4) is 0 Å². The van der Waals surface area contributed by atoms with E-state index in [4.69, 9.17) is 4.74 Å². The Morgan fingerprint density at radius 1 is 1.59 bits per heavy atom. The summed E-state index contributed by atoms with van der Waals surface area (Å²) < 4.78 is 5.64. The van der Waals surface area contributed by atoms with Crippen molar-refractivity contribution in [2.24, 2.45) is 0 Å². The lowest BCUT2D eigenvalue weighted by Gasteiger charge is -2.34. The topological polar surface area (TPSA) is 45.6 Å². The lowest BCUT2D eigenvalue weighted by molar-refractivity contribution is -0.0889. The van der Waals surface area contributed by atoms with E-state index in [-0.39, 0.29) is 6.10 Å². The number of aryl methyl sites for hydroxylation is 1. The number of hydrogen-bond donors (Lipinski definition) is 1. The number of rotatable bonds is 3. The van der Waals surface area contributed by atoms with E-state index in [1.165, 1.54) is 0 Å². The predicted molar refractivity (Wildman–Crippen MR) is 65.8 cm³/mol. The summed E-state index contributed by atoms with van der Waals surface area (Å²) in [4.78, 5) is 6.50. The molecule has 0 bridgehead atoms. The summed E-state index contributed by atoms with van der Waals surface area (Å²) in [6.07, 6.45) is 1.000. The second-order valence-corrected chi connectivity index (χ2v) is 4.48.